The van der Waals surface area contributed by atoms with Gasteiger partial charge >= 0.3 is 17.9 Å². The first-order valence-electron chi connectivity index (χ1n) is 26.4. The summed E-state index contributed by atoms with van der Waals surface area (Å²) in [4.78, 5) is 83.8. The Kier molecular flexibility index (Phi) is 32.4. The van der Waals surface area contributed by atoms with Crippen LogP contribution in [0.15, 0.2) is 0 Å². The van der Waals surface area contributed by atoms with Gasteiger partial charge in [0, 0.05) is 66.9 Å². The number of nitrogens with one attached hydrogen (secondary N) is 2. The van der Waals surface area contributed by atoms with Crippen LogP contribution in [0, 0.1) is 5.92 Å². The van der Waals surface area contributed by atoms with Crippen LogP contribution >= 0.6 is 23.5 Å². The second-order valence-corrected chi connectivity index (χ2v) is 21.8. The molecule has 0 aromatic heterocycles. The summed E-state index contributed by atoms with van der Waals surface area (Å²) in [5, 5.41) is 86.7. The molecule has 0 bridgehead atoms. The van der Waals surface area contributed by atoms with Crippen LogP contribution in [-0.2, 0) is 85.7 Å². The number of unbranched alkanes of at least 4 members (excludes halogenated alkanes) is 4. The number of aliphatic hydroxyl groups is 8. The third-order valence-electron chi connectivity index (χ3n) is 12.9. The zero-order valence-corrected chi connectivity index (χ0v) is 48.0. The minimum absolute atomic E-state index is 0.0286. The van der Waals surface area contributed by atoms with Gasteiger partial charge in [-0.05, 0) is 44.6 Å². The summed E-state index contributed by atoms with van der Waals surface area (Å²) in [7, 11) is 0. The average Bonchev–Trinajstić information content (AvgIpc) is 3.38. The van der Waals surface area contributed by atoms with Crippen LogP contribution in [0.25, 0.3) is 0 Å². The lowest BCUT2D eigenvalue weighted by atomic mass is 9.86. The molecule has 0 saturated carbocycles. The van der Waals surface area contributed by atoms with Gasteiger partial charge in [-0.25, -0.2) is 0 Å². The van der Waals surface area contributed by atoms with Crippen LogP contribution in [0.1, 0.15) is 93.4 Å². The van der Waals surface area contributed by atoms with E-state index in [4.69, 9.17) is 52.1 Å². The molecular weight excluding hydrogens is 1110 g/mol. The van der Waals surface area contributed by atoms with Crippen molar-refractivity contribution in [3.8, 4) is 0 Å². The first-order valence-corrected chi connectivity index (χ1v) is 28.8. The van der Waals surface area contributed by atoms with Gasteiger partial charge < -0.3 is 108 Å². The number of thioether (sulfide) groups is 2. The summed E-state index contributed by atoms with van der Waals surface area (Å²) in [6.45, 7) is 6.78. The number of hydrogen-bond acceptors (Lipinski definition) is 28. The Hall–Kier alpha value is -3.25. The van der Waals surface area contributed by atoms with Crippen LogP contribution in [0.5, 0.6) is 0 Å². The largest absolute Gasteiger partial charge is 0.463 e. The van der Waals surface area contributed by atoms with E-state index in [1.165, 1.54) is 39.5 Å². The Bertz CT molecular complexity index is 1930. The molecule has 0 spiro atoms. The second-order valence-electron chi connectivity index (χ2n) is 19.5. The molecule has 30 heteroatoms. The Labute approximate surface area is 473 Å². The summed E-state index contributed by atoms with van der Waals surface area (Å²) in [5.41, 5.74) is 0. The molecule has 8 unspecified atom stereocenters. The van der Waals surface area contributed by atoms with Gasteiger partial charge in [-0.15, -0.1) is 0 Å². The number of rotatable bonds is 29. The normalized spacial score (nSPS) is 34.2. The number of amides is 2. The third kappa shape index (κ3) is 22.7. The molecule has 0 aromatic carbocycles. The van der Waals surface area contributed by atoms with Crippen LogP contribution in [0.3, 0.4) is 0 Å². The van der Waals surface area contributed by atoms with Crippen molar-refractivity contribution in [2.75, 3.05) is 57.4 Å². The van der Waals surface area contributed by atoms with E-state index in [-0.39, 0.29) is 23.9 Å². The molecule has 2 amide bonds. The first kappa shape index (κ1) is 71.0. The smallest absolute Gasteiger partial charge is 0.303 e. The molecule has 20 atom stereocenters. The number of Topliss-reactive ketones (excluding diaryl/α,β-unsaturated/α-hetero) is 1. The molecule has 462 valence electrons. The monoisotopic (exact) mass is 1190 g/mol. The predicted octanol–water partition coefficient (Wildman–Crippen LogP) is -2.53. The molecule has 80 heavy (non-hydrogen) atoms. The number of carbonyl (C=O) groups is 7. The van der Waals surface area contributed by atoms with Crippen LogP contribution < -0.4 is 10.6 Å². The fraction of sp³-hybridized carbons (Fsp3) is 0.860. The van der Waals surface area contributed by atoms with E-state index in [1.54, 1.807) is 11.8 Å². The Morgan fingerprint density at radius 3 is 1.38 bits per heavy atom. The summed E-state index contributed by atoms with van der Waals surface area (Å²) in [6.07, 6.45) is -16.9. The van der Waals surface area contributed by atoms with Crippen molar-refractivity contribution in [1.82, 2.24) is 10.6 Å². The minimum Gasteiger partial charge on any atom is -0.463 e. The highest BCUT2D eigenvalue weighted by molar-refractivity contribution is 8.13. The summed E-state index contributed by atoms with van der Waals surface area (Å²) < 4.78 is 62.9. The Balaban J connectivity index is 0.000000446. The van der Waals surface area contributed by atoms with Gasteiger partial charge in [-0.2, -0.15) is 11.8 Å². The summed E-state index contributed by atoms with van der Waals surface area (Å²) >= 11 is 2.98. The van der Waals surface area contributed by atoms with E-state index >= 15 is 0 Å². The molecule has 4 aliphatic rings. The molecule has 0 aliphatic carbocycles. The van der Waals surface area contributed by atoms with Gasteiger partial charge in [0.1, 0.15) is 97.7 Å². The van der Waals surface area contributed by atoms with Gasteiger partial charge in [0.15, 0.2) is 36.4 Å². The van der Waals surface area contributed by atoms with Crippen molar-refractivity contribution in [2.45, 2.75) is 210 Å². The number of carbonyl (C=O) groups excluding carboxylic acids is 7. The van der Waals surface area contributed by atoms with E-state index in [0.717, 1.165) is 58.6 Å². The number of esters is 3. The lowest BCUT2D eigenvalue weighted by molar-refractivity contribution is -0.344. The van der Waals surface area contributed by atoms with E-state index < -0.39 is 179 Å². The quantitative estimate of drug-likeness (QED) is 0.0210. The third-order valence-corrected chi connectivity index (χ3v) is 14.5. The van der Waals surface area contributed by atoms with Crippen molar-refractivity contribution in [1.29, 1.82) is 0 Å². The van der Waals surface area contributed by atoms with E-state index in [9.17, 15) is 74.4 Å². The zero-order chi connectivity index (χ0) is 59.8. The highest BCUT2D eigenvalue weighted by atomic mass is 32.2. The van der Waals surface area contributed by atoms with Gasteiger partial charge in [-0.3, -0.25) is 28.8 Å². The average molecular weight is 1190 g/mol. The zero-order valence-electron chi connectivity index (χ0n) is 46.4. The first-order chi connectivity index (χ1) is 37.9. The number of ketones is 1. The highest BCUT2D eigenvalue weighted by Crippen LogP contribution is 2.37. The second kappa shape index (κ2) is 36.5. The summed E-state index contributed by atoms with van der Waals surface area (Å²) in [5.74, 6) is -3.00. The topological polar surface area (TPSA) is 407 Å². The maximum Gasteiger partial charge on any atom is 0.303 e. The maximum absolute atomic E-state index is 12.5. The molecule has 0 radical (unpaired) electrons. The molecule has 28 nitrogen and oxygen atoms in total. The lowest BCUT2D eigenvalue weighted by Gasteiger charge is -2.49. The molecule has 4 fully saturated rings. The fourth-order valence-electron chi connectivity index (χ4n) is 9.18. The van der Waals surface area contributed by atoms with Crippen molar-refractivity contribution < 1.29 is 127 Å². The maximum atomic E-state index is 12.5. The number of hydrogen-bond donors (Lipinski definition) is 10. The fourth-order valence-corrected chi connectivity index (χ4v) is 10.3. The van der Waals surface area contributed by atoms with Crippen molar-refractivity contribution in [3.05, 3.63) is 0 Å². The van der Waals surface area contributed by atoms with Crippen LogP contribution in [0.4, 0.5) is 0 Å². The van der Waals surface area contributed by atoms with Gasteiger partial charge in [-0.1, -0.05) is 24.6 Å². The highest BCUT2D eigenvalue weighted by Gasteiger charge is 2.56. The van der Waals surface area contributed by atoms with Crippen LogP contribution in [-0.4, -0.2) is 255 Å². The molecular formula is C50H84N2O26S2. The van der Waals surface area contributed by atoms with Gasteiger partial charge in [0.25, 0.3) is 0 Å². The van der Waals surface area contributed by atoms with Gasteiger partial charge in [0.2, 0.25) is 11.8 Å². The summed E-state index contributed by atoms with van der Waals surface area (Å²) in [6, 6.07) is -2.20. The Morgan fingerprint density at radius 1 is 0.487 bits per heavy atom. The minimum atomic E-state index is -1.71. The van der Waals surface area contributed by atoms with E-state index in [1.807, 2.05) is 6.26 Å². The number of aliphatic hydroxyl groups excluding tert-OH is 8. The molecule has 10 N–H and O–H groups in total. The van der Waals surface area contributed by atoms with Crippen molar-refractivity contribution in [3.63, 3.8) is 0 Å². The SMILES string of the molecule is CC(=O)CC1[C@H](O[C@@H]2C(NC(C)=O)[C@@H](OCCCCCSC(C)=O)OC(CO)[C@@H]2O)OC(COC(C)=O)[C@H](OC(C)=O)[C@@H]1OC(C)=O.CSCCCCCO[C@H]1OC(CO)[C@H](O)[C@H](O[C@@H]2OC(CO)[C@H](O)[C@H](O)C2O)C1NC(C)=O. The van der Waals surface area contributed by atoms with E-state index in [0.29, 0.717) is 18.8 Å². The van der Waals surface area contributed by atoms with Gasteiger partial charge in [0.05, 0.1) is 25.7 Å². The van der Waals surface area contributed by atoms with E-state index in [2.05, 4.69) is 10.6 Å². The predicted molar refractivity (Wildman–Crippen MR) is 279 cm³/mol. The molecule has 4 saturated heterocycles. The Morgan fingerprint density at radius 2 is 0.938 bits per heavy atom. The van der Waals surface area contributed by atoms with Crippen LogP contribution in [0.2, 0.25) is 0 Å². The molecule has 0 aromatic rings. The lowest BCUT2D eigenvalue weighted by Crippen LogP contribution is -2.68. The standard InChI is InChI=1S/C30H47NO15S.C20H37NO11S/c1-15(33)12-21-26(42-18(4)36)27(43-19(5)37)23(14-41-17(3)35)45-29(21)46-28-24(31-16(2)34)30(44-22(13-32)25(28)39)40-10-8-7-9-11-47-20(6)38;1-10(24)21-13-18(32-20-17(28)16(27)14(25)11(8-22)31-20)15(26)12(9-23)30-19(13)29-6-4-3-5-7-33-2/h21-30,32,39H,7-14H2,1-6H3,(H,31,34);11-20,22-23,25-28H,3-9H2,1-2H3,(H,21,24)/t21?,22?,23?,24?,25-,26+,27-,28+,29-,30-;11?,12?,13?,14-,15-,16-,17?,18+,19-,20-/m00/s1. The molecule has 4 heterocycles. The van der Waals surface area contributed by atoms with Crippen molar-refractivity contribution in [2.24, 2.45) is 5.92 Å². The molecule has 4 rings (SSSR count). The van der Waals surface area contributed by atoms with Crippen molar-refractivity contribution >= 4 is 64.1 Å². The number of ether oxygens (including phenoxy) is 11. The molecule has 4 aliphatic heterocycles.